The lowest BCUT2D eigenvalue weighted by Gasteiger charge is -2.35. The standard InChI is InChI=1S/C20H25N5O2/c26-20(25-13-11-24(12-14-25)19-15-21-9-10-22-19)23-16-5-7-18(8-6-16)27-17-3-1-2-4-17/h5-10,15,17H,1-4,11-14H2,(H,23,26). The van der Waals surface area contributed by atoms with Gasteiger partial charge < -0.3 is 19.9 Å². The zero-order valence-corrected chi connectivity index (χ0v) is 15.4. The average molecular weight is 367 g/mol. The maximum absolute atomic E-state index is 12.5. The highest BCUT2D eigenvalue weighted by Gasteiger charge is 2.22. The summed E-state index contributed by atoms with van der Waals surface area (Å²) in [5.41, 5.74) is 0.787. The molecule has 4 rings (SSSR count). The van der Waals surface area contributed by atoms with E-state index in [4.69, 9.17) is 4.74 Å². The van der Waals surface area contributed by atoms with Gasteiger partial charge in [0.15, 0.2) is 0 Å². The Labute approximate surface area is 159 Å². The molecule has 1 N–H and O–H groups in total. The van der Waals surface area contributed by atoms with Crippen molar-refractivity contribution in [3.63, 3.8) is 0 Å². The minimum Gasteiger partial charge on any atom is -0.490 e. The number of carbonyl (C=O) groups excluding carboxylic acids is 1. The lowest BCUT2D eigenvalue weighted by molar-refractivity contribution is 0.207. The Bertz CT molecular complexity index is 739. The van der Waals surface area contributed by atoms with Crippen LogP contribution in [0.25, 0.3) is 0 Å². The Morgan fingerprint density at radius 2 is 1.78 bits per heavy atom. The molecule has 2 amide bonds. The number of urea groups is 1. The predicted octanol–water partition coefficient (Wildman–Crippen LogP) is 3.15. The molecule has 1 saturated heterocycles. The van der Waals surface area contributed by atoms with Crippen LogP contribution in [-0.4, -0.2) is 53.2 Å². The fraction of sp³-hybridized carbons (Fsp3) is 0.450. The van der Waals surface area contributed by atoms with Crippen molar-refractivity contribution in [1.82, 2.24) is 14.9 Å². The molecule has 7 nitrogen and oxygen atoms in total. The smallest absolute Gasteiger partial charge is 0.321 e. The highest BCUT2D eigenvalue weighted by molar-refractivity contribution is 5.89. The first kappa shape index (κ1) is 17.6. The second-order valence-electron chi connectivity index (χ2n) is 7.02. The van der Waals surface area contributed by atoms with E-state index in [-0.39, 0.29) is 6.03 Å². The Morgan fingerprint density at radius 3 is 2.44 bits per heavy atom. The van der Waals surface area contributed by atoms with Crippen LogP contribution in [0.3, 0.4) is 0 Å². The Hall–Kier alpha value is -2.83. The van der Waals surface area contributed by atoms with Crippen molar-refractivity contribution in [2.45, 2.75) is 31.8 Å². The molecule has 0 bridgehead atoms. The maximum atomic E-state index is 12.5. The van der Waals surface area contributed by atoms with Gasteiger partial charge in [-0.2, -0.15) is 0 Å². The van der Waals surface area contributed by atoms with Gasteiger partial charge in [0, 0.05) is 44.3 Å². The number of nitrogens with zero attached hydrogens (tertiary/aromatic N) is 4. The van der Waals surface area contributed by atoms with E-state index in [0.29, 0.717) is 19.2 Å². The molecule has 1 aromatic heterocycles. The molecule has 2 heterocycles. The van der Waals surface area contributed by atoms with E-state index in [0.717, 1.165) is 43.2 Å². The van der Waals surface area contributed by atoms with Crippen molar-refractivity contribution < 1.29 is 9.53 Å². The quantitative estimate of drug-likeness (QED) is 0.899. The summed E-state index contributed by atoms with van der Waals surface area (Å²) >= 11 is 0. The third-order valence-corrected chi connectivity index (χ3v) is 5.15. The van der Waals surface area contributed by atoms with Crippen LogP contribution in [0, 0.1) is 0 Å². The van der Waals surface area contributed by atoms with Gasteiger partial charge in [-0.3, -0.25) is 4.98 Å². The van der Waals surface area contributed by atoms with E-state index >= 15 is 0 Å². The summed E-state index contributed by atoms with van der Waals surface area (Å²) in [6.07, 6.45) is 10.2. The molecule has 7 heteroatoms. The first-order chi connectivity index (χ1) is 13.3. The molecule has 0 atom stereocenters. The summed E-state index contributed by atoms with van der Waals surface area (Å²) in [6.45, 7) is 2.82. The molecule has 2 aromatic rings. The summed E-state index contributed by atoms with van der Waals surface area (Å²) in [4.78, 5) is 24.9. The molecule has 0 spiro atoms. The van der Waals surface area contributed by atoms with Crippen molar-refractivity contribution in [3.8, 4) is 5.75 Å². The highest BCUT2D eigenvalue weighted by atomic mass is 16.5. The van der Waals surface area contributed by atoms with Crippen LogP contribution in [0.4, 0.5) is 16.3 Å². The van der Waals surface area contributed by atoms with Crippen LogP contribution in [0.5, 0.6) is 5.75 Å². The van der Waals surface area contributed by atoms with Crippen LogP contribution >= 0.6 is 0 Å². The first-order valence-electron chi connectivity index (χ1n) is 9.61. The Kier molecular flexibility index (Phi) is 5.37. The van der Waals surface area contributed by atoms with Gasteiger partial charge in [-0.1, -0.05) is 0 Å². The topological polar surface area (TPSA) is 70.6 Å². The lowest BCUT2D eigenvalue weighted by atomic mass is 10.2. The van der Waals surface area contributed by atoms with E-state index in [1.807, 2.05) is 29.2 Å². The fourth-order valence-corrected chi connectivity index (χ4v) is 3.61. The van der Waals surface area contributed by atoms with Crippen molar-refractivity contribution in [2.24, 2.45) is 0 Å². The first-order valence-corrected chi connectivity index (χ1v) is 9.61. The molecule has 2 fully saturated rings. The molecule has 1 aromatic carbocycles. The van der Waals surface area contributed by atoms with Crippen LogP contribution in [-0.2, 0) is 0 Å². The number of rotatable bonds is 4. The number of hydrogen-bond acceptors (Lipinski definition) is 5. The minimum absolute atomic E-state index is 0.0711. The van der Waals surface area contributed by atoms with Gasteiger partial charge in [-0.15, -0.1) is 0 Å². The van der Waals surface area contributed by atoms with E-state index in [2.05, 4.69) is 20.2 Å². The van der Waals surface area contributed by atoms with E-state index in [9.17, 15) is 4.79 Å². The van der Waals surface area contributed by atoms with Gasteiger partial charge in [0.1, 0.15) is 11.6 Å². The monoisotopic (exact) mass is 367 g/mol. The highest BCUT2D eigenvalue weighted by Crippen LogP contribution is 2.25. The van der Waals surface area contributed by atoms with Gasteiger partial charge in [-0.05, 0) is 49.9 Å². The molecule has 0 radical (unpaired) electrons. The predicted molar refractivity (Wildman–Crippen MR) is 104 cm³/mol. The van der Waals surface area contributed by atoms with Gasteiger partial charge in [-0.25, -0.2) is 9.78 Å². The Balaban J connectivity index is 1.26. The Morgan fingerprint density at radius 1 is 1.04 bits per heavy atom. The van der Waals surface area contributed by atoms with Gasteiger partial charge in [0.2, 0.25) is 0 Å². The average Bonchev–Trinajstić information content (AvgIpc) is 3.23. The number of carbonyl (C=O) groups is 1. The largest absolute Gasteiger partial charge is 0.490 e. The molecular weight excluding hydrogens is 342 g/mol. The zero-order chi connectivity index (χ0) is 18.5. The number of piperazine rings is 1. The molecule has 27 heavy (non-hydrogen) atoms. The summed E-state index contributed by atoms with van der Waals surface area (Å²) in [5.74, 6) is 1.73. The third kappa shape index (κ3) is 4.48. The second-order valence-corrected chi connectivity index (χ2v) is 7.02. The van der Waals surface area contributed by atoms with Crippen molar-refractivity contribution in [3.05, 3.63) is 42.9 Å². The van der Waals surface area contributed by atoms with E-state index < -0.39 is 0 Å². The van der Waals surface area contributed by atoms with Gasteiger partial charge in [0.25, 0.3) is 0 Å². The zero-order valence-electron chi connectivity index (χ0n) is 15.4. The second kappa shape index (κ2) is 8.24. The van der Waals surface area contributed by atoms with Gasteiger partial charge >= 0.3 is 6.03 Å². The van der Waals surface area contributed by atoms with Crippen molar-refractivity contribution in [1.29, 1.82) is 0 Å². The molecule has 1 aliphatic carbocycles. The van der Waals surface area contributed by atoms with E-state index in [1.165, 1.54) is 12.8 Å². The molecule has 142 valence electrons. The van der Waals surface area contributed by atoms with Crippen LogP contribution in [0.2, 0.25) is 0 Å². The number of aromatic nitrogens is 2. The number of nitrogens with one attached hydrogen (secondary N) is 1. The molecule has 1 saturated carbocycles. The van der Waals surface area contributed by atoms with Crippen LogP contribution < -0.4 is 15.0 Å². The number of ether oxygens (including phenoxy) is 1. The number of amides is 2. The lowest BCUT2D eigenvalue weighted by Crippen LogP contribution is -2.50. The van der Waals surface area contributed by atoms with Gasteiger partial charge in [0.05, 0.1) is 12.3 Å². The summed E-state index contributed by atoms with van der Waals surface area (Å²) < 4.78 is 5.97. The van der Waals surface area contributed by atoms with Crippen LogP contribution in [0.15, 0.2) is 42.9 Å². The summed E-state index contributed by atoms with van der Waals surface area (Å²) in [5, 5.41) is 2.97. The molecule has 2 aliphatic rings. The third-order valence-electron chi connectivity index (χ3n) is 5.15. The van der Waals surface area contributed by atoms with Crippen LogP contribution in [0.1, 0.15) is 25.7 Å². The normalized spacial score (nSPS) is 17.8. The summed E-state index contributed by atoms with van der Waals surface area (Å²) in [7, 11) is 0. The SMILES string of the molecule is O=C(Nc1ccc(OC2CCCC2)cc1)N1CCN(c2cnccn2)CC1. The fourth-order valence-electron chi connectivity index (χ4n) is 3.61. The number of hydrogen-bond donors (Lipinski definition) is 1. The number of anilines is 2. The van der Waals surface area contributed by atoms with E-state index in [1.54, 1.807) is 18.6 Å². The minimum atomic E-state index is -0.0711. The molecule has 1 aliphatic heterocycles. The number of benzene rings is 1. The van der Waals surface area contributed by atoms with Crippen molar-refractivity contribution >= 4 is 17.5 Å². The molecule has 0 unspecified atom stereocenters. The summed E-state index contributed by atoms with van der Waals surface area (Å²) in [6, 6.07) is 7.59. The van der Waals surface area contributed by atoms with Crippen molar-refractivity contribution in [2.75, 3.05) is 36.4 Å². The molecular formula is C20H25N5O2. The maximum Gasteiger partial charge on any atom is 0.321 e.